The van der Waals surface area contributed by atoms with Gasteiger partial charge < -0.3 is 0 Å². The standard InChI is InChI=1S/C20H26.C18H24.C14H22/c1-19(2,3)17-11-7-15(8-12-17)16-9-13-18(14-10-16)20(4,5)6;1-17(2,3)15-9-7-14-12-16(18(4,5)6)10-8-13(14)11-15;1-13(2,3)11-7-9-12(10-8-11)14(4,5)6/h7-14H,1-6H3;7-12H,1-6H3;7-10H,1-6H3. The molecular weight excluding hydrogens is 625 g/mol. The van der Waals surface area contributed by atoms with Crippen LogP contribution < -0.4 is 0 Å². The molecule has 0 nitrogen and oxygen atoms in total. The second kappa shape index (κ2) is 15.8. The van der Waals surface area contributed by atoms with Gasteiger partial charge in [-0.3, -0.25) is 0 Å². The molecule has 5 aromatic rings. The summed E-state index contributed by atoms with van der Waals surface area (Å²) in [6.45, 7) is 40.6. The van der Waals surface area contributed by atoms with Crippen LogP contribution in [-0.4, -0.2) is 0 Å². The molecule has 0 aliphatic rings. The Morgan fingerprint density at radius 1 is 0.212 bits per heavy atom. The molecule has 52 heavy (non-hydrogen) atoms. The van der Waals surface area contributed by atoms with Gasteiger partial charge in [-0.15, -0.1) is 0 Å². The van der Waals surface area contributed by atoms with Crippen LogP contribution >= 0.6 is 0 Å². The molecule has 0 bridgehead atoms. The maximum absolute atomic E-state index is 2.32. The van der Waals surface area contributed by atoms with Crippen molar-refractivity contribution in [1.82, 2.24) is 0 Å². The Morgan fingerprint density at radius 3 is 0.577 bits per heavy atom. The summed E-state index contributed by atoms with van der Waals surface area (Å²) in [6.07, 6.45) is 0. The molecule has 0 heteroatoms. The minimum Gasteiger partial charge on any atom is -0.0582 e. The first-order valence-corrected chi connectivity index (χ1v) is 19.4. The van der Waals surface area contributed by atoms with Gasteiger partial charge in [0.2, 0.25) is 0 Å². The van der Waals surface area contributed by atoms with Gasteiger partial charge in [-0.1, -0.05) is 234 Å². The first kappa shape index (κ1) is 42.8. The van der Waals surface area contributed by atoms with Crippen molar-refractivity contribution >= 4 is 10.8 Å². The molecular formula is C52H72. The van der Waals surface area contributed by atoms with Crippen molar-refractivity contribution in [2.45, 2.75) is 157 Å². The highest BCUT2D eigenvalue weighted by Crippen LogP contribution is 2.31. The fourth-order valence-corrected chi connectivity index (χ4v) is 5.97. The Balaban J connectivity index is 0.000000214. The highest BCUT2D eigenvalue weighted by atomic mass is 14.2. The Bertz CT molecular complexity index is 1710. The molecule has 0 N–H and O–H groups in total. The van der Waals surface area contributed by atoms with E-state index in [0.29, 0.717) is 0 Å². The minimum atomic E-state index is 0.217. The van der Waals surface area contributed by atoms with Crippen LogP contribution in [0.25, 0.3) is 21.9 Å². The average molecular weight is 697 g/mol. The zero-order valence-electron chi connectivity index (χ0n) is 36.4. The maximum atomic E-state index is 2.32. The van der Waals surface area contributed by atoms with Gasteiger partial charge in [-0.2, -0.15) is 0 Å². The molecule has 0 heterocycles. The molecule has 0 fully saturated rings. The third-order valence-corrected chi connectivity index (χ3v) is 10.0. The summed E-state index contributed by atoms with van der Waals surface area (Å²) in [5.74, 6) is 0. The van der Waals surface area contributed by atoms with E-state index >= 15 is 0 Å². The second-order valence-corrected chi connectivity index (χ2v) is 21.0. The first-order valence-electron chi connectivity index (χ1n) is 19.4. The van der Waals surface area contributed by atoms with Gasteiger partial charge in [0.25, 0.3) is 0 Å². The lowest BCUT2D eigenvalue weighted by Crippen LogP contribution is -2.14. The van der Waals surface area contributed by atoms with E-state index in [1.807, 2.05) is 0 Å². The zero-order chi connectivity index (χ0) is 39.5. The highest BCUT2D eigenvalue weighted by molar-refractivity contribution is 5.84. The summed E-state index contributed by atoms with van der Waals surface area (Å²) >= 11 is 0. The van der Waals surface area contributed by atoms with Gasteiger partial charge in [0.1, 0.15) is 0 Å². The molecule has 0 radical (unpaired) electrons. The quantitative estimate of drug-likeness (QED) is 0.164. The van der Waals surface area contributed by atoms with Crippen LogP contribution in [0.15, 0.2) is 109 Å². The van der Waals surface area contributed by atoms with E-state index in [-0.39, 0.29) is 32.5 Å². The lowest BCUT2D eigenvalue weighted by atomic mass is 9.82. The van der Waals surface area contributed by atoms with E-state index in [2.05, 4.69) is 234 Å². The van der Waals surface area contributed by atoms with Crippen LogP contribution in [0.3, 0.4) is 0 Å². The number of benzene rings is 5. The van der Waals surface area contributed by atoms with Gasteiger partial charge >= 0.3 is 0 Å². The molecule has 0 aliphatic heterocycles. The smallest absolute Gasteiger partial charge is 0.0132 e. The lowest BCUT2D eigenvalue weighted by molar-refractivity contribution is 0.577. The summed E-state index contributed by atoms with van der Waals surface area (Å²) in [6, 6.07) is 40.6. The Kier molecular flexibility index (Phi) is 13.0. The van der Waals surface area contributed by atoms with E-state index < -0.39 is 0 Å². The molecule has 0 spiro atoms. The molecule has 0 saturated carbocycles. The monoisotopic (exact) mass is 697 g/mol. The van der Waals surface area contributed by atoms with Crippen molar-refractivity contribution in [3.63, 3.8) is 0 Å². The average Bonchev–Trinajstić information content (AvgIpc) is 3.02. The SMILES string of the molecule is CC(C)(C)c1ccc(-c2ccc(C(C)(C)C)cc2)cc1.CC(C)(C)c1ccc(C(C)(C)C)cc1.CC(C)(C)c1ccc2cc(C(C)(C)C)ccc2c1. The van der Waals surface area contributed by atoms with Crippen LogP contribution in [0, 0.1) is 0 Å². The van der Waals surface area contributed by atoms with Crippen molar-refractivity contribution < 1.29 is 0 Å². The third-order valence-electron chi connectivity index (χ3n) is 10.0. The minimum absolute atomic E-state index is 0.217. The largest absolute Gasteiger partial charge is 0.0582 e. The van der Waals surface area contributed by atoms with Gasteiger partial charge in [0, 0.05) is 0 Å². The predicted molar refractivity (Wildman–Crippen MR) is 234 cm³/mol. The topological polar surface area (TPSA) is 0 Å². The zero-order valence-corrected chi connectivity index (χ0v) is 36.4. The summed E-state index contributed by atoms with van der Waals surface area (Å²) in [5, 5.41) is 2.69. The second-order valence-electron chi connectivity index (χ2n) is 21.0. The molecule has 0 aromatic heterocycles. The summed E-state index contributed by atoms with van der Waals surface area (Å²) < 4.78 is 0. The van der Waals surface area contributed by atoms with E-state index in [1.165, 1.54) is 55.3 Å². The Morgan fingerprint density at radius 2 is 0.385 bits per heavy atom. The summed E-state index contributed by atoms with van der Waals surface area (Å²) in [5.41, 5.74) is 12.4. The van der Waals surface area contributed by atoms with E-state index in [0.717, 1.165) is 0 Å². The number of rotatable bonds is 1. The Labute approximate surface area is 320 Å². The normalized spacial score (nSPS) is 12.8. The molecule has 5 aromatic carbocycles. The van der Waals surface area contributed by atoms with Crippen molar-refractivity contribution in [3.05, 3.63) is 143 Å². The Hall–Kier alpha value is -3.64. The first-order chi connectivity index (χ1) is 23.6. The fourth-order valence-electron chi connectivity index (χ4n) is 5.97. The van der Waals surface area contributed by atoms with E-state index in [4.69, 9.17) is 0 Å². The van der Waals surface area contributed by atoms with Crippen LogP contribution in [0.5, 0.6) is 0 Å². The summed E-state index contributed by atoms with van der Waals surface area (Å²) in [4.78, 5) is 0. The van der Waals surface area contributed by atoms with Gasteiger partial charge in [0.15, 0.2) is 0 Å². The molecule has 280 valence electrons. The molecule has 5 rings (SSSR count). The fraction of sp³-hybridized carbons (Fsp3) is 0.462. The molecule has 0 atom stereocenters. The molecule has 0 amide bonds. The van der Waals surface area contributed by atoms with Gasteiger partial charge in [-0.25, -0.2) is 0 Å². The van der Waals surface area contributed by atoms with Crippen LogP contribution in [-0.2, 0) is 32.5 Å². The third kappa shape index (κ3) is 12.2. The molecule has 0 aliphatic carbocycles. The van der Waals surface area contributed by atoms with Gasteiger partial charge in [0.05, 0.1) is 0 Å². The molecule has 0 unspecified atom stereocenters. The predicted octanol–water partition coefficient (Wildman–Crippen LogP) is 15.7. The number of hydrogen-bond acceptors (Lipinski definition) is 0. The molecule has 0 saturated heterocycles. The number of fused-ring (bicyclic) bond motifs is 1. The van der Waals surface area contributed by atoms with Crippen LogP contribution in [0.2, 0.25) is 0 Å². The van der Waals surface area contributed by atoms with E-state index in [9.17, 15) is 0 Å². The van der Waals surface area contributed by atoms with Crippen LogP contribution in [0.1, 0.15) is 158 Å². The lowest BCUT2D eigenvalue weighted by Gasteiger charge is -2.23. The van der Waals surface area contributed by atoms with Crippen molar-refractivity contribution in [2.24, 2.45) is 0 Å². The van der Waals surface area contributed by atoms with Crippen molar-refractivity contribution in [3.8, 4) is 11.1 Å². The van der Waals surface area contributed by atoms with Crippen LogP contribution in [0.4, 0.5) is 0 Å². The van der Waals surface area contributed by atoms with Crippen molar-refractivity contribution in [1.29, 1.82) is 0 Å². The number of hydrogen-bond donors (Lipinski definition) is 0. The van der Waals surface area contributed by atoms with Crippen molar-refractivity contribution in [2.75, 3.05) is 0 Å². The summed E-state index contributed by atoms with van der Waals surface area (Å²) in [7, 11) is 0. The van der Waals surface area contributed by atoms with E-state index in [1.54, 1.807) is 0 Å². The maximum Gasteiger partial charge on any atom is -0.0132 e. The van der Waals surface area contributed by atoms with Gasteiger partial charge in [-0.05, 0) is 87.8 Å². The highest BCUT2D eigenvalue weighted by Gasteiger charge is 2.19.